The molecule has 0 saturated carbocycles. The molecule has 0 heterocycles. The maximum atomic E-state index is 13.6. The molecule has 1 amide bonds. The quantitative estimate of drug-likeness (QED) is 0.889. The molecule has 1 unspecified atom stereocenters. The lowest BCUT2D eigenvalue weighted by Gasteiger charge is -2.17. The zero-order valence-electron chi connectivity index (χ0n) is 12.8. The van der Waals surface area contributed by atoms with Crippen LogP contribution in [0.3, 0.4) is 0 Å². The molecule has 2 aromatic rings. The summed E-state index contributed by atoms with van der Waals surface area (Å²) in [4.78, 5) is 12.0. The van der Waals surface area contributed by atoms with Crippen molar-refractivity contribution in [3.63, 3.8) is 0 Å². The summed E-state index contributed by atoms with van der Waals surface area (Å²) in [6.07, 6.45) is -0.469. The van der Waals surface area contributed by atoms with Gasteiger partial charge in [0.2, 0.25) is 0 Å². The average Bonchev–Trinajstić information content (AvgIpc) is 2.55. The average molecular weight is 321 g/mol. The third kappa shape index (κ3) is 4.04. The molecule has 0 aromatic heterocycles. The molecule has 0 spiro atoms. The van der Waals surface area contributed by atoms with Crippen molar-refractivity contribution < 1.29 is 23.0 Å². The van der Waals surface area contributed by atoms with E-state index in [0.717, 1.165) is 17.7 Å². The van der Waals surface area contributed by atoms with Crippen LogP contribution in [0.15, 0.2) is 42.5 Å². The van der Waals surface area contributed by atoms with Crippen molar-refractivity contribution in [2.24, 2.45) is 0 Å². The molecule has 4 nitrogen and oxygen atoms in total. The number of methoxy groups -OCH3 is 2. The first kappa shape index (κ1) is 16.9. The number of hydrogen-bond acceptors (Lipinski definition) is 3. The van der Waals surface area contributed by atoms with Gasteiger partial charge in [-0.1, -0.05) is 18.2 Å². The van der Waals surface area contributed by atoms with Crippen molar-refractivity contribution >= 4 is 5.91 Å². The van der Waals surface area contributed by atoms with E-state index in [1.54, 1.807) is 25.3 Å². The first-order valence-electron chi connectivity index (χ1n) is 6.95. The number of amides is 1. The SMILES string of the molecule is COc1cccc(C(CNC(=O)c2c(F)cccc2F)OC)c1. The Kier molecular flexibility index (Phi) is 5.65. The van der Waals surface area contributed by atoms with E-state index in [1.807, 2.05) is 6.07 Å². The molecular formula is C17H17F2NO3. The zero-order chi connectivity index (χ0) is 16.8. The van der Waals surface area contributed by atoms with E-state index in [9.17, 15) is 13.6 Å². The molecule has 1 N–H and O–H groups in total. The van der Waals surface area contributed by atoms with Crippen LogP contribution in [0, 0.1) is 11.6 Å². The van der Waals surface area contributed by atoms with Crippen molar-refractivity contribution in [3.8, 4) is 5.75 Å². The summed E-state index contributed by atoms with van der Waals surface area (Å²) in [5.74, 6) is -1.99. The molecule has 0 aliphatic rings. The molecule has 122 valence electrons. The summed E-state index contributed by atoms with van der Waals surface area (Å²) in [5.41, 5.74) is 0.175. The predicted molar refractivity (Wildman–Crippen MR) is 81.4 cm³/mol. The lowest BCUT2D eigenvalue weighted by molar-refractivity contribution is 0.0821. The molecule has 0 saturated heterocycles. The van der Waals surface area contributed by atoms with Gasteiger partial charge in [0.15, 0.2) is 0 Å². The van der Waals surface area contributed by atoms with Crippen LogP contribution in [0.4, 0.5) is 8.78 Å². The molecule has 0 aliphatic carbocycles. The van der Waals surface area contributed by atoms with Crippen LogP contribution in [0.2, 0.25) is 0 Å². The third-order valence-electron chi connectivity index (χ3n) is 3.39. The van der Waals surface area contributed by atoms with E-state index < -0.39 is 29.2 Å². The van der Waals surface area contributed by atoms with Gasteiger partial charge in [-0.25, -0.2) is 8.78 Å². The fourth-order valence-corrected chi connectivity index (χ4v) is 2.17. The molecule has 0 bridgehead atoms. The Morgan fingerprint density at radius 3 is 2.39 bits per heavy atom. The predicted octanol–water partition coefficient (Wildman–Crippen LogP) is 3.09. The number of benzene rings is 2. The van der Waals surface area contributed by atoms with Crippen LogP contribution in [0.5, 0.6) is 5.75 Å². The Balaban J connectivity index is 2.09. The smallest absolute Gasteiger partial charge is 0.257 e. The summed E-state index contributed by atoms with van der Waals surface area (Å²) in [5, 5.41) is 2.48. The van der Waals surface area contributed by atoms with E-state index in [-0.39, 0.29) is 6.54 Å². The number of rotatable bonds is 6. The molecule has 0 radical (unpaired) electrons. The Bertz CT molecular complexity index is 671. The van der Waals surface area contributed by atoms with Crippen LogP contribution >= 0.6 is 0 Å². The second kappa shape index (κ2) is 7.69. The van der Waals surface area contributed by atoms with E-state index >= 15 is 0 Å². The minimum Gasteiger partial charge on any atom is -0.497 e. The molecule has 1 atom stereocenters. The Morgan fingerprint density at radius 2 is 1.78 bits per heavy atom. The second-order valence-electron chi connectivity index (χ2n) is 4.81. The Hall–Kier alpha value is -2.47. The fraction of sp³-hybridized carbons (Fsp3) is 0.235. The monoisotopic (exact) mass is 321 g/mol. The standard InChI is InChI=1S/C17H17F2NO3/c1-22-12-6-3-5-11(9-12)15(23-2)10-20-17(21)16-13(18)7-4-8-14(16)19/h3-9,15H,10H2,1-2H3,(H,20,21). The van der Waals surface area contributed by atoms with Gasteiger partial charge in [-0.2, -0.15) is 0 Å². The summed E-state index contributed by atoms with van der Waals surface area (Å²) in [6.45, 7) is 0.0657. The van der Waals surface area contributed by atoms with E-state index in [2.05, 4.69) is 5.32 Å². The zero-order valence-corrected chi connectivity index (χ0v) is 12.8. The number of carbonyl (C=O) groups is 1. The maximum Gasteiger partial charge on any atom is 0.257 e. The van der Waals surface area contributed by atoms with Crippen LogP contribution < -0.4 is 10.1 Å². The number of halogens is 2. The van der Waals surface area contributed by atoms with Gasteiger partial charge in [0.1, 0.15) is 22.9 Å². The lowest BCUT2D eigenvalue weighted by Crippen LogP contribution is -2.30. The molecule has 2 rings (SSSR count). The third-order valence-corrected chi connectivity index (χ3v) is 3.39. The van der Waals surface area contributed by atoms with E-state index in [1.165, 1.54) is 13.2 Å². The number of carbonyl (C=O) groups excluding carboxylic acids is 1. The van der Waals surface area contributed by atoms with Crippen LogP contribution in [-0.2, 0) is 4.74 Å². The molecule has 0 fully saturated rings. The highest BCUT2D eigenvalue weighted by Gasteiger charge is 2.19. The van der Waals surface area contributed by atoms with Crippen molar-refractivity contribution in [3.05, 3.63) is 65.2 Å². The van der Waals surface area contributed by atoms with Crippen LogP contribution in [0.1, 0.15) is 22.0 Å². The minimum atomic E-state index is -0.905. The van der Waals surface area contributed by atoms with Crippen molar-refractivity contribution in [1.29, 1.82) is 0 Å². The van der Waals surface area contributed by atoms with Crippen molar-refractivity contribution in [2.45, 2.75) is 6.10 Å². The maximum absolute atomic E-state index is 13.6. The van der Waals surface area contributed by atoms with Gasteiger partial charge in [-0.05, 0) is 29.8 Å². The fourth-order valence-electron chi connectivity index (χ4n) is 2.17. The summed E-state index contributed by atoms with van der Waals surface area (Å²) >= 11 is 0. The van der Waals surface area contributed by atoms with Gasteiger partial charge in [0.05, 0.1) is 13.2 Å². The topological polar surface area (TPSA) is 47.6 Å². The minimum absolute atomic E-state index is 0.0657. The van der Waals surface area contributed by atoms with Gasteiger partial charge in [-0.3, -0.25) is 4.79 Å². The highest BCUT2D eigenvalue weighted by atomic mass is 19.1. The molecule has 23 heavy (non-hydrogen) atoms. The van der Waals surface area contributed by atoms with Gasteiger partial charge < -0.3 is 14.8 Å². The van der Waals surface area contributed by atoms with E-state index in [0.29, 0.717) is 5.75 Å². The second-order valence-corrected chi connectivity index (χ2v) is 4.81. The summed E-state index contributed by atoms with van der Waals surface area (Å²) in [6, 6.07) is 10.4. The van der Waals surface area contributed by atoms with Crippen LogP contribution in [-0.4, -0.2) is 26.7 Å². The first-order valence-corrected chi connectivity index (χ1v) is 6.95. The first-order chi connectivity index (χ1) is 11.1. The largest absolute Gasteiger partial charge is 0.497 e. The number of nitrogens with one attached hydrogen (secondary N) is 1. The molecular weight excluding hydrogens is 304 g/mol. The van der Waals surface area contributed by atoms with Gasteiger partial charge >= 0.3 is 0 Å². The van der Waals surface area contributed by atoms with Crippen molar-refractivity contribution in [2.75, 3.05) is 20.8 Å². The Morgan fingerprint density at radius 1 is 1.13 bits per heavy atom. The highest BCUT2D eigenvalue weighted by molar-refractivity contribution is 5.94. The van der Waals surface area contributed by atoms with Gasteiger partial charge in [0.25, 0.3) is 5.91 Å². The summed E-state index contributed by atoms with van der Waals surface area (Å²) in [7, 11) is 3.03. The van der Waals surface area contributed by atoms with E-state index in [4.69, 9.17) is 9.47 Å². The molecule has 0 aliphatic heterocycles. The summed E-state index contributed by atoms with van der Waals surface area (Å²) < 4.78 is 37.6. The van der Waals surface area contributed by atoms with Crippen molar-refractivity contribution in [1.82, 2.24) is 5.32 Å². The molecule has 6 heteroatoms. The Labute approximate surface area is 133 Å². The van der Waals surface area contributed by atoms with Gasteiger partial charge in [-0.15, -0.1) is 0 Å². The highest BCUT2D eigenvalue weighted by Crippen LogP contribution is 2.21. The van der Waals surface area contributed by atoms with Gasteiger partial charge in [0, 0.05) is 13.7 Å². The normalized spacial score (nSPS) is 11.8. The van der Waals surface area contributed by atoms with Crippen LogP contribution in [0.25, 0.3) is 0 Å². The number of ether oxygens (including phenoxy) is 2. The molecule has 2 aromatic carbocycles. The number of hydrogen-bond donors (Lipinski definition) is 1. The lowest BCUT2D eigenvalue weighted by atomic mass is 10.1.